The first-order valence-corrected chi connectivity index (χ1v) is 11.9. The normalized spacial score (nSPS) is 46.2. The van der Waals surface area contributed by atoms with E-state index in [1.54, 1.807) is 0 Å². The zero-order chi connectivity index (χ0) is 21.8. The Morgan fingerprint density at radius 1 is 1.07 bits per heavy atom. The number of methoxy groups -OCH3 is 1. The second kappa shape index (κ2) is 7.63. The van der Waals surface area contributed by atoms with Crippen LogP contribution in [-0.2, 0) is 23.9 Å². The van der Waals surface area contributed by atoms with E-state index in [-0.39, 0.29) is 35.3 Å². The summed E-state index contributed by atoms with van der Waals surface area (Å²) in [4.78, 5) is 37.4. The maximum atomic E-state index is 13.7. The molecule has 9 atom stereocenters. The molecule has 0 bridgehead atoms. The number of rotatable bonds is 3. The van der Waals surface area contributed by atoms with Gasteiger partial charge in [-0.25, -0.2) is 0 Å². The zero-order valence-electron chi connectivity index (χ0n) is 19.2. The molecule has 4 aliphatic carbocycles. The van der Waals surface area contributed by atoms with E-state index in [2.05, 4.69) is 13.8 Å². The molecular formula is C25H38O5. The predicted molar refractivity (Wildman–Crippen MR) is 112 cm³/mol. The van der Waals surface area contributed by atoms with Crippen LogP contribution in [0.5, 0.6) is 0 Å². The zero-order valence-corrected chi connectivity index (χ0v) is 19.2. The molecule has 0 aromatic carbocycles. The number of ether oxygens (including phenoxy) is 2. The van der Waals surface area contributed by atoms with Gasteiger partial charge in [-0.05, 0) is 80.0 Å². The van der Waals surface area contributed by atoms with Crippen LogP contribution in [0.1, 0.15) is 79.1 Å². The summed E-state index contributed by atoms with van der Waals surface area (Å²) in [5.74, 6) is 1.77. The fraction of sp³-hybridized carbons (Fsp3) is 0.880. The lowest BCUT2D eigenvalue weighted by molar-refractivity contribution is -0.168. The standard InChI is InChI=1S/C25H38O5/c1-14(23(28)29-5)19-8-9-20-18-7-6-16-12-17(30-15(2)26)10-11-24(16,3)21(18)13-22(27)25(19,20)4/h14,16-21H,6-13H2,1-5H3/t14-,16-,17-,18+,19-,20+,21+,24+,25-/m1/s1. The van der Waals surface area contributed by atoms with Crippen molar-refractivity contribution in [2.75, 3.05) is 7.11 Å². The number of hydrogen-bond donors (Lipinski definition) is 0. The van der Waals surface area contributed by atoms with Gasteiger partial charge in [0, 0.05) is 18.8 Å². The molecule has 5 heteroatoms. The van der Waals surface area contributed by atoms with Crippen LogP contribution in [0.3, 0.4) is 0 Å². The molecule has 5 nitrogen and oxygen atoms in total. The Morgan fingerprint density at radius 3 is 2.47 bits per heavy atom. The molecule has 4 saturated carbocycles. The largest absolute Gasteiger partial charge is 0.469 e. The average Bonchev–Trinajstić information content (AvgIpc) is 3.06. The van der Waals surface area contributed by atoms with Crippen LogP contribution in [0.25, 0.3) is 0 Å². The van der Waals surface area contributed by atoms with E-state index >= 15 is 0 Å². The monoisotopic (exact) mass is 418 g/mol. The highest BCUT2D eigenvalue weighted by Crippen LogP contribution is 2.67. The van der Waals surface area contributed by atoms with E-state index in [4.69, 9.17) is 9.47 Å². The third-order valence-corrected chi connectivity index (χ3v) is 10.1. The van der Waals surface area contributed by atoms with E-state index in [0.29, 0.717) is 35.9 Å². The average molecular weight is 419 g/mol. The van der Waals surface area contributed by atoms with Gasteiger partial charge in [-0.15, -0.1) is 0 Å². The molecule has 0 aromatic rings. The summed E-state index contributed by atoms with van der Waals surface area (Å²) < 4.78 is 10.6. The van der Waals surface area contributed by atoms with Gasteiger partial charge in [-0.2, -0.15) is 0 Å². The molecule has 0 saturated heterocycles. The summed E-state index contributed by atoms with van der Waals surface area (Å²) in [6.07, 6.45) is 7.89. The SMILES string of the molecule is COC(=O)[C@H](C)[C@H]1CC[C@H]2[C@@H]3CC[C@@H]4C[C@H](OC(C)=O)CC[C@]4(C)[C@H]3CC(=O)[C@]12C. The van der Waals surface area contributed by atoms with E-state index in [1.807, 2.05) is 6.92 Å². The van der Waals surface area contributed by atoms with Gasteiger partial charge in [0.1, 0.15) is 11.9 Å². The van der Waals surface area contributed by atoms with Crippen LogP contribution >= 0.6 is 0 Å². The quantitative estimate of drug-likeness (QED) is 0.628. The summed E-state index contributed by atoms with van der Waals surface area (Å²) in [6.45, 7) is 7.99. The Balaban J connectivity index is 1.57. The molecular weight excluding hydrogens is 380 g/mol. The Bertz CT molecular complexity index is 731. The smallest absolute Gasteiger partial charge is 0.308 e. The summed E-state index contributed by atoms with van der Waals surface area (Å²) in [5, 5.41) is 0. The van der Waals surface area contributed by atoms with Gasteiger partial charge >= 0.3 is 11.9 Å². The molecule has 0 heterocycles. The van der Waals surface area contributed by atoms with E-state index in [1.165, 1.54) is 14.0 Å². The van der Waals surface area contributed by atoms with E-state index < -0.39 is 5.41 Å². The van der Waals surface area contributed by atoms with Crippen LogP contribution in [-0.4, -0.2) is 30.9 Å². The van der Waals surface area contributed by atoms with Crippen molar-refractivity contribution in [1.82, 2.24) is 0 Å². The van der Waals surface area contributed by atoms with Gasteiger partial charge in [0.25, 0.3) is 0 Å². The van der Waals surface area contributed by atoms with Crippen molar-refractivity contribution >= 4 is 17.7 Å². The fourth-order valence-corrected chi connectivity index (χ4v) is 8.45. The molecule has 168 valence electrons. The number of ketones is 1. The second-order valence-electron chi connectivity index (χ2n) is 11.1. The summed E-state index contributed by atoms with van der Waals surface area (Å²) in [5.41, 5.74) is -0.241. The number of fused-ring (bicyclic) bond motifs is 5. The number of carbonyl (C=O) groups is 3. The molecule has 0 aromatic heterocycles. The number of carbonyl (C=O) groups excluding carboxylic acids is 3. The van der Waals surface area contributed by atoms with Gasteiger partial charge in [0.05, 0.1) is 13.0 Å². The number of esters is 2. The Morgan fingerprint density at radius 2 is 1.80 bits per heavy atom. The molecule has 0 N–H and O–H groups in total. The Labute approximate surface area is 180 Å². The Kier molecular flexibility index (Phi) is 5.55. The highest BCUT2D eigenvalue weighted by Gasteiger charge is 2.64. The molecule has 4 aliphatic rings. The van der Waals surface area contributed by atoms with Crippen LogP contribution in [0.15, 0.2) is 0 Å². The Hall–Kier alpha value is -1.39. The topological polar surface area (TPSA) is 69.7 Å². The van der Waals surface area contributed by atoms with Crippen LogP contribution < -0.4 is 0 Å². The molecule has 0 unspecified atom stereocenters. The van der Waals surface area contributed by atoms with Crippen molar-refractivity contribution < 1.29 is 23.9 Å². The third-order valence-electron chi connectivity index (χ3n) is 10.1. The van der Waals surface area contributed by atoms with Crippen molar-refractivity contribution in [1.29, 1.82) is 0 Å². The molecule has 0 spiro atoms. The molecule has 0 radical (unpaired) electrons. The maximum Gasteiger partial charge on any atom is 0.308 e. The number of hydrogen-bond acceptors (Lipinski definition) is 5. The minimum absolute atomic E-state index is 0.0402. The molecule has 0 amide bonds. The maximum absolute atomic E-state index is 13.7. The van der Waals surface area contributed by atoms with Crippen molar-refractivity contribution in [2.45, 2.75) is 85.2 Å². The van der Waals surface area contributed by atoms with Crippen molar-refractivity contribution in [3.63, 3.8) is 0 Å². The van der Waals surface area contributed by atoms with Crippen LogP contribution in [0, 0.1) is 46.3 Å². The first kappa shape index (κ1) is 21.8. The van der Waals surface area contributed by atoms with Crippen molar-refractivity contribution in [2.24, 2.45) is 46.3 Å². The summed E-state index contributed by atoms with van der Waals surface area (Å²) in [6, 6.07) is 0. The highest BCUT2D eigenvalue weighted by atomic mass is 16.5. The lowest BCUT2D eigenvalue weighted by Crippen LogP contribution is -2.57. The number of Topliss-reactive ketones (excluding diaryl/α,β-unsaturated/α-hetero) is 1. The second-order valence-corrected chi connectivity index (χ2v) is 11.1. The highest BCUT2D eigenvalue weighted by molar-refractivity contribution is 5.88. The van der Waals surface area contributed by atoms with Crippen molar-refractivity contribution in [3.05, 3.63) is 0 Å². The lowest BCUT2D eigenvalue weighted by Gasteiger charge is -2.60. The van der Waals surface area contributed by atoms with Gasteiger partial charge in [-0.3, -0.25) is 14.4 Å². The van der Waals surface area contributed by atoms with Gasteiger partial charge < -0.3 is 9.47 Å². The molecule has 4 fully saturated rings. The minimum atomic E-state index is -0.396. The fourth-order valence-electron chi connectivity index (χ4n) is 8.45. The summed E-state index contributed by atoms with van der Waals surface area (Å²) in [7, 11) is 1.45. The van der Waals surface area contributed by atoms with Crippen molar-refractivity contribution in [3.8, 4) is 0 Å². The van der Waals surface area contributed by atoms with Gasteiger partial charge in [0.2, 0.25) is 0 Å². The lowest BCUT2D eigenvalue weighted by atomic mass is 9.44. The first-order chi connectivity index (χ1) is 14.1. The van der Waals surface area contributed by atoms with E-state index in [0.717, 1.165) is 44.9 Å². The minimum Gasteiger partial charge on any atom is -0.469 e. The van der Waals surface area contributed by atoms with Crippen LogP contribution in [0.4, 0.5) is 0 Å². The molecule has 4 rings (SSSR count). The van der Waals surface area contributed by atoms with E-state index in [9.17, 15) is 14.4 Å². The summed E-state index contributed by atoms with van der Waals surface area (Å²) >= 11 is 0. The molecule has 0 aliphatic heterocycles. The predicted octanol–water partition coefficient (Wildman–Crippen LogP) is 4.57. The first-order valence-electron chi connectivity index (χ1n) is 11.9. The van der Waals surface area contributed by atoms with Gasteiger partial charge in [0.15, 0.2) is 0 Å². The van der Waals surface area contributed by atoms with Crippen LogP contribution in [0.2, 0.25) is 0 Å². The van der Waals surface area contributed by atoms with Gasteiger partial charge in [-0.1, -0.05) is 20.8 Å². The third kappa shape index (κ3) is 3.14. The molecule has 30 heavy (non-hydrogen) atoms.